The minimum Gasteiger partial charge on any atom is -0.496 e. The molecule has 2 aromatic carbocycles. The van der Waals surface area contributed by atoms with Crippen molar-refractivity contribution in [3.63, 3.8) is 0 Å². The standard InChI is InChI=1S/C17H18BrNO3/c1-21-16-8-3-2-5-13(16)12-19-17(20)9-10-22-15-7-4-6-14(18)11-15/h2-8,11H,9-10,12H2,1H3,(H,19,20). The van der Waals surface area contributed by atoms with E-state index in [1.165, 1.54) is 0 Å². The Kier molecular flexibility index (Phi) is 6.27. The summed E-state index contributed by atoms with van der Waals surface area (Å²) < 4.78 is 11.7. The number of methoxy groups -OCH3 is 1. The van der Waals surface area contributed by atoms with Gasteiger partial charge in [0.25, 0.3) is 0 Å². The third-order valence-corrected chi connectivity index (χ3v) is 3.56. The Labute approximate surface area is 138 Å². The molecule has 0 saturated heterocycles. The number of carbonyl (C=O) groups excluding carboxylic acids is 1. The zero-order valence-corrected chi connectivity index (χ0v) is 13.9. The van der Waals surface area contributed by atoms with E-state index in [9.17, 15) is 4.79 Å². The number of benzene rings is 2. The molecule has 4 nitrogen and oxygen atoms in total. The molecule has 0 aliphatic rings. The van der Waals surface area contributed by atoms with Gasteiger partial charge in [-0.25, -0.2) is 0 Å². The number of hydrogen-bond donors (Lipinski definition) is 1. The molecular formula is C17H18BrNO3. The first-order valence-corrected chi connectivity index (χ1v) is 7.75. The predicted octanol–water partition coefficient (Wildman–Crippen LogP) is 3.54. The average Bonchev–Trinajstić information content (AvgIpc) is 2.53. The van der Waals surface area contributed by atoms with Crippen molar-refractivity contribution in [1.82, 2.24) is 5.32 Å². The molecule has 2 rings (SSSR count). The van der Waals surface area contributed by atoms with Crippen molar-refractivity contribution in [2.45, 2.75) is 13.0 Å². The number of carbonyl (C=O) groups is 1. The second kappa shape index (κ2) is 8.44. The summed E-state index contributed by atoms with van der Waals surface area (Å²) in [5, 5.41) is 2.86. The summed E-state index contributed by atoms with van der Waals surface area (Å²) in [6, 6.07) is 15.2. The number of halogens is 1. The molecule has 0 saturated carbocycles. The molecule has 22 heavy (non-hydrogen) atoms. The van der Waals surface area contributed by atoms with E-state index in [1.54, 1.807) is 7.11 Å². The number of rotatable bonds is 7. The van der Waals surface area contributed by atoms with Crippen LogP contribution in [0.5, 0.6) is 11.5 Å². The fraction of sp³-hybridized carbons (Fsp3) is 0.235. The molecule has 0 heterocycles. The number of amides is 1. The summed E-state index contributed by atoms with van der Waals surface area (Å²) in [6.07, 6.45) is 0.307. The topological polar surface area (TPSA) is 47.6 Å². The SMILES string of the molecule is COc1ccccc1CNC(=O)CCOc1cccc(Br)c1. The van der Waals surface area contributed by atoms with E-state index in [2.05, 4.69) is 21.2 Å². The van der Waals surface area contributed by atoms with Crippen molar-refractivity contribution in [3.05, 3.63) is 58.6 Å². The highest BCUT2D eigenvalue weighted by Crippen LogP contribution is 2.18. The Morgan fingerprint density at radius 1 is 1.18 bits per heavy atom. The lowest BCUT2D eigenvalue weighted by molar-refractivity contribution is -0.121. The van der Waals surface area contributed by atoms with Crippen LogP contribution in [0.2, 0.25) is 0 Å². The molecular weight excluding hydrogens is 346 g/mol. The van der Waals surface area contributed by atoms with Gasteiger partial charge in [-0.15, -0.1) is 0 Å². The number of ether oxygens (including phenoxy) is 2. The first-order chi connectivity index (χ1) is 10.7. The van der Waals surface area contributed by atoms with E-state index in [1.807, 2.05) is 48.5 Å². The van der Waals surface area contributed by atoms with Gasteiger partial charge in [-0.05, 0) is 24.3 Å². The molecule has 2 aromatic rings. The molecule has 0 fully saturated rings. The van der Waals surface area contributed by atoms with Crippen LogP contribution in [0.1, 0.15) is 12.0 Å². The number of nitrogens with one attached hydrogen (secondary N) is 1. The summed E-state index contributed by atoms with van der Waals surface area (Å²) in [5.74, 6) is 1.46. The lowest BCUT2D eigenvalue weighted by Gasteiger charge is -2.10. The van der Waals surface area contributed by atoms with E-state index >= 15 is 0 Å². The Morgan fingerprint density at radius 2 is 2.00 bits per heavy atom. The van der Waals surface area contributed by atoms with Gasteiger partial charge in [0.05, 0.1) is 20.1 Å². The average molecular weight is 364 g/mol. The molecule has 0 aliphatic carbocycles. The number of para-hydroxylation sites is 1. The normalized spacial score (nSPS) is 10.1. The van der Waals surface area contributed by atoms with Crippen LogP contribution in [0.4, 0.5) is 0 Å². The summed E-state index contributed by atoms with van der Waals surface area (Å²) in [4.78, 5) is 11.8. The van der Waals surface area contributed by atoms with Crippen LogP contribution in [0.3, 0.4) is 0 Å². The maximum atomic E-state index is 11.8. The molecule has 0 aromatic heterocycles. The van der Waals surface area contributed by atoms with E-state index in [0.717, 1.165) is 21.5 Å². The van der Waals surface area contributed by atoms with Crippen LogP contribution in [0.15, 0.2) is 53.0 Å². The lowest BCUT2D eigenvalue weighted by atomic mass is 10.2. The van der Waals surface area contributed by atoms with Crippen LogP contribution in [0.25, 0.3) is 0 Å². The van der Waals surface area contributed by atoms with Crippen LogP contribution in [-0.4, -0.2) is 19.6 Å². The molecule has 1 amide bonds. The maximum absolute atomic E-state index is 11.8. The fourth-order valence-electron chi connectivity index (χ4n) is 1.95. The maximum Gasteiger partial charge on any atom is 0.223 e. The monoisotopic (exact) mass is 363 g/mol. The van der Waals surface area contributed by atoms with Gasteiger partial charge >= 0.3 is 0 Å². The molecule has 0 aliphatic heterocycles. The smallest absolute Gasteiger partial charge is 0.223 e. The number of hydrogen-bond acceptors (Lipinski definition) is 3. The first kappa shape index (κ1) is 16.4. The van der Waals surface area contributed by atoms with Crippen LogP contribution < -0.4 is 14.8 Å². The van der Waals surface area contributed by atoms with Crippen molar-refractivity contribution < 1.29 is 14.3 Å². The van der Waals surface area contributed by atoms with Gasteiger partial charge < -0.3 is 14.8 Å². The van der Waals surface area contributed by atoms with Gasteiger partial charge in [0, 0.05) is 16.6 Å². The van der Waals surface area contributed by atoms with Gasteiger partial charge in [0.15, 0.2) is 0 Å². The van der Waals surface area contributed by atoms with Crippen LogP contribution in [-0.2, 0) is 11.3 Å². The van der Waals surface area contributed by atoms with Gasteiger partial charge in [-0.2, -0.15) is 0 Å². The Bertz CT molecular complexity index is 631. The van der Waals surface area contributed by atoms with Crippen molar-refractivity contribution >= 4 is 21.8 Å². The highest BCUT2D eigenvalue weighted by Gasteiger charge is 2.05. The van der Waals surface area contributed by atoms with E-state index in [4.69, 9.17) is 9.47 Å². The van der Waals surface area contributed by atoms with Crippen molar-refractivity contribution in [1.29, 1.82) is 0 Å². The minimum atomic E-state index is -0.0547. The Hall–Kier alpha value is -2.01. The Balaban J connectivity index is 1.74. The summed E-state index contributed by atoms with van der Waals surface area (Å²) in [7, 11) is 1.62. The zero-order chi connectivity index (χ0) is 15.8. The summed E-state index contributed by atoms with van der Waals surface area (Å²) in [6.45, 7) is 0.786. The van der Waals surface area contributed by atoms with Crippen molar-refractivity contribution in [2.24, 2.45) is 0 Å². The van der Waals surface area contributed by atoms with Gasteiger partial charge in [-0.1, -0.05) is 40.2 Å². The predicted molar refractivity (Wildman–Crippen MR) is 89.1 cm³/mol. The summed E-state index contributed by atoms with van der Waals surface area (Å²) >= 11 is 3.38. The molecule has 0 radical (unpaired) electrons. The van der Waals surface area contributed by atoms with E-state index in [0.29, 0.717) is 19.6 Å². The third-order valence-electron chi connectivity index (χ3n) is 3.06. The molecule has 1 N–H and O–H groups in total. The second-order valence-corrected chi connectivity index (χ2v) is 5.56. The van der Waals surface area contributed by atoms with Crippen LogP contribution in [0, 0.1) is 0 Å². The first-order valence-electron chi connectivity index (χ1n) is 6.96. The van der Waals surface area contributed by atoms with Gasteiger partial charge in [0.2, 0.25) is 5.91 Å². The van der Waals surface area contributed by atoms with Crippen LogP contribution >= 0.6 is 15.9 Å². The third kappa shape index (κ3) is 5.07. The second-order valence-electron chi connectivity index (χ2n) is 4.64. The van der Waals surface area contributed by atoms with Gasteiger partial charge in [-0.3, -0.25) is 4.79 Å². The van der Waals surface area contributed by atoms with Gasteiger partial charge in [0.1, 0.15) is 11.5 Å². The molecule has 0 atom stereocenters. The quantitative estimate of drug-likeness (QED) is 0.818. The molecule has 0 spiro atoms. The molecule has 0 bridgehead atoms. The molecule has 5 heteroatoms. The summed E-state index contributed by atoms with van der Waals surface area (Å²) in [5.41, 5.74) is 0.950. The largest absolute Gasteiger partial charge is 0.496 e. The fourth-order valence-corrected chi connectivity index (χ4v) is 2.33. The lowest BCUT2D eigenvalue weighted by Crippen LogP contribution is -2.24. The van der Waals surface area contributed by atoms with Crippen molar-refractivity contribution in [3.8, 4) is 11.5 Å². The highest BCUT2D eigenvalue weighted by molar-refractivity contribution is 9.10. The van der Waals surface area contributed by atoms with Crippen molar-refractivity contribution in [2.75, 3.05) is 13.7 Å². The van der Waals surface area contributed by atoms with E-state index < -0.39 is 0 Å². The molecule has 0 unspecified atom stereocenters. The minimum absolute atomic E-state index is 0.0547. The zero-order valence-electron chi connectivity index (χ0n) is 12.3. The Morgan fingerprint density at radius 3 is 2.77 bits per heavy atom. The highest BCUT2D eigenvalue weighted by atomic mass is 79.9. The van der Waals surface area contributed by atoms with E-state index in [-0.39, 0.29) is 5.91 Å². The molecule has 116 valence electrons.